The summed E-state index contributed by atoms with van der Waals surface area (Å²) in [5.74, 6) is 1.60. The van der Waals surface area contributed by atoms with Crippen LogP contribution in [-0.4, -0.2) is 38.0 Å². The molecule has 0 aromatic heterocycles. The second-order valence-electron chi connectivity index (χ2n) is 14.5. The highest BCUT2D eigenvalue weighted by Gasteiger charge is 2.59. The summed E-state index contributed by atoms with van der Waals surface area (Å²) in [5.41, 5.74) is 6.63. The number of nitrogens with zero attached hydrogens (tertiary/aromatic N) is 4. The number of aliphatic imine (C=N–C) groups is 2. The molecule has 9 rings (SSSR count). The van der Waals surface area contributed by atoms with Gasteiger partial charge in [0.1, 0.15) is 22.9 Å². The largest absolute Gasteiger partial charge is 0.459 e. The fourth-order valence-electron chi connectivity index (χ4n) is 8.39. The average Bonchev–Trinajstić information content (AvgIpc) is 3.36. The molecule has 0 radical (unpaired) electrons. The van der Waals surface area contributed by atoms with E-state index in [1.165, 1.54) is 16.8 Å². The van der Waals surface area contributed by atoms with Crippen LogP contribution in [0.15, 0.2) is 107 Å². The molecule has 0 fully saturated rings. The Morgan fingerprint density at radius 1 is 0.583 bits per heavy atom. The van der Waals surface area contributed by atoms with E-state index in [4.69, 9.17) is 19.5 Å². The predicted molar refractivity (Wildman–Crippen MR) is 198 cm³/mol. The Balaban J connectivity index is 0.994. The van der Waals surface area contributed by atoms with Gasteiger partial charge in [0, 0.05) is 30.9 Å². The van der Waals surface area contributed by atoms with Gasteiger partial charge in [0.2, 0.25) is 11.4 Å². The summed E-state index contributed by atoms with van der Waals surface area (Å²) in [5, 5.41) is 2.26. The van der Waals surface area contributed by atoms with Crippen molar-refractivity contribution in [1.29, 1.82) is 0 Å². The minimum atomic E-state index is -0.746. The highest BCUT2D eigenvalue weighted by Crippen LogP contribution is 2.55. The summed E-state index contributed by atoms with van der Waals surface area (Å²) < 4.78 is 13.7. The van der Waals surface area contributed by atoms with E-state index in [2.05, 4.69) is 149 Å². The van der Waals surface area contributed by atoms with Crippen LogP contribution in [0.25, 0.3) is 22.9 Å². The zero-order valence-corrected chi connectivity index (χ0v) is 28.2. The van der Waals surface area contributed by atoms with Crippen molar-refractivity contribution in [2.24, 2.45) is 9.98 Å². The molecule has 5 aromatic rings. The van der Waals surface area contributed by atoms with E-state index in [9.17, 15) is 0 Å². The van der Waals surface area contributed by atoms with Crippen molar-refractivity contribution < 1.29 is 9.47 Å². The van der Waals surface area contributed by atoms with Crippen LogP contribution in [0.5, 0.6) is 11.5 Å². The fourth-order valence-corrected chi connectivity index (χ4v) is 8.39. The summed E-state index contributed by atoms with van der Waals surface area (Å²) in [6.07, 6.45) is 8.28. The van der Waals surface area contributed by atoms with Gasteiger partial charge < -0.3 is 19.3 Å². The van der Waals surface area contributed by atoms with Gasteiger partial charge >= 0.3 is 0 Å². The Labute approximate surface area is 281 Å². The molecule has 0 saturated heterocycles. The molecule has 0 N–H and O–H groups in total. The molecule has 0 bridgehead atoms. The molecule has 48 heavy (non-hydrogen) atoms. The van der Waals surface area contributed by atoms with Gasteiger partial charge in [-0.3, -0.25) is 9.98 Å². The lowest BCUT2D eigenvalue weighted by Gasteiger charge is -2.45. The minimum absolute atomic E-state index is 0.279. The molecule has 4 aliphatic rings. The Morgan fingerprint density at radius 2 is 1.19 bits per heavy atom. The maximum absolute atomic E-state index is 6.92. The lowest BCUT2D eigenvalue weighted by Crippen LogP contribution is -2.61. The van der Waals surface area contributed by atoms with Crippen LogP contribution in [-0.2, 0) is 10.8 Å². The Morgan fingerprint density at radius 3 is 1.98 bits per heavy atom. The van der Waals surface area contributed by atoms with Gasteiger partial charge in [-0.15, -0.1) is 0 Å². The van der Waals surface area contributed by atoms with Crippen molar-refractivity contribution in [3.05, 3.63) is 119 Å². The van der Waals surface area contributed by atoms with Gasteiger partial charge in [-0.1, -0.05) is 78.9 Å². The van der Waals surface area contributed by atoms with Gasteiger partial charge in [-0.2, -0.15) is 0 Å². The molecular formula is C42H38N4O2. The Bertz CT molecular complexity index is 2270. The number of likely N-dealkylation sites (N-methyl/N-ethyl adjacent to an activating group) is 2. The number of anilines is 2. The summed E-state index contributed by atoms with van der Waals surface area (Å²) in [7, 11) is 4.20. The maximum Gasteiger partial charge on any atom is 0.228 e. The maximum atomic E-state index is 6.92. The van der Waals surface area contributed by atoms with Gasteiger partial charge in [0.05, 0.1) is 23.3 Å². The smallest absolute Gasteiger partial charge is 0.228 e. The van der Waals surface area contributed by atoms with E-state index in [0.717, 1.165) is 50.5 Å². The van der Waals surface area contributed by atoms with Crippen molar-refractivity contribution >= 4 is 58.1 Å². The molecule has 0 amide bonds. The highest BCUT2D eigenvalue weighted by atomic mass is 16.5. The summed E-state index contributed by atoms with van der Waals surface area (Å²) in [6.45, 7) is 8.94. The number of hydrogen-bond acceptors (Lipinski definition) is 6. The number of para-hydroxylation sites is 1. The normalized spacial score (nSPS) is 23.7. The second-order valence-corrected chi connectivity index (χ2v) is 14.5. The van der Waals surface area contributed by atoms with Crippen LogP contribution >= 0.6 is 0 Å². The standard InChI is InChI=1S/C42H38N4O2/c1-39(2)31-13-9-10-14-34(31)45(5)41(39)25-43-33-23-27(18-21-36(33)47-41)15-16-28-17-20-32-35(24-28)46(6)42(40(32,3)4)26-44-38-30-12-8-7-11-29(30)19-22-37(38)48-42/h7-26H,1-6H3. The number of ether oxygens (including phenoxy) is 2. The first kappa shape index (κ1) is 28.8. The third-order valence-electron chi connectivity index (χ3n) is 11.4. The molecule has 2 spiro atoms. The Hall–Kier alpha value is -5.36. The minimum Gasteiger partial charge on any atom is -0.459 e. The van der Waals surface area contributed by atoms with E-state index in [0.29, 0.717) is 0 Å². The molecule has 5 aromatic carbocycles. The quantitative estimate of drug-likeness (QED) is 0.182. The van der Waals surface area contributed by atoms with Crippen molar-refractivity contribution in [3.8, 4) is 11.5 Å². The van der Waals surface area contributed by atoms with Crippen LogP contribution in [0.4, 0.5) is 22.7 Å². The monoisotopic (exact) mass is 630 g/mol. The molecular weight excluding hydrogens is 592 g/mol. The van der Waals surface area contributed by atoms with Gasteiger partial charge in [0.25, 0.3) is 0 Å². The van der Waals surface area contributed by atoms with Crippen LogP contribution in [0.3, 0.4) is 0 Å². The predicted octanol–water partition coefficient (Wildman–Crippen LogP) is 9.45. The van der Waals surface area contributed by atoms with Crippen molar-refractivity contribution in [3.63, 3.8) is 0 Å². The lowest BCUT2D eigenvalue weighted by atomic mass is 9.77. The van der Waals surface area contributed by atoms with Gasteiger partial charge in [-0.25, -0.2) is 0 Å². The van der Waals surface area contributed by atoms with E-state index in [1.807, 2.05) is 24.6 Å². The third-order valence-corrected chi connectivity index (χ3v) is 11.4. The van der Waals surface area contributed by atoms with Gasteiger partial charge in [-0.05, 0) is 85.7 Å². The highest BCUT2D eigenvalue weighted by molar-refractivity contribution is 6.00. The van der Waals surface area contributed by atoms with E-state index >= 15 is 0 Å². The van der Waals surface area contributed by atoms with E-state index < -0.39 is 11.4 Å². The Kier molecular flexibility index (Phi) is 5.77. The molecule has 0 saturated carbocycles. The summed E-state index contributed by atoms with van der Waals surface area (Å²) >= 11 is 0. The van der Waals surface area contributed by atoms with E-state index in [1.54, 1.807) is 0 Å². The number of fused-ring (bicyclic) bond motifs is 6. The van der Waals surface area contributed by atoms with Crippen LogP contribution in [0, 0.1) is 0 Å². The third kappa shape index (κ3) is 3.63. The first-order chi connectivity index (χ1) is 23.1. The topological polar surface area (TPSA) is 49.7 Å². The number of hydrogen-bond donors (Lipinski definition) is 0. The number of rotatable bonds is 2. The van der Waals surface area contributed by atoms with E-state index in [-0.39, 0.29) is 10.8 Å². The summed E-state index contributed by atoms with van der Waals surface area (Å²) in [6, 6.07) is 33.9. The summed E-state index contributed by atoms with van der Waals surface area (Å²) in [4.78, 5) is 14.5. The molecule has 4 aliphatic heterocycles. The first-order valence-corrected chi connectivity index (χ1v) is 16.6. The van der Waals surface area contributed by atoms with Crippen LogP contribution in [0.2, 0.25) is 0 Å². The van der Waals surface area contributed by atoms with Crippen LogP contribution < -0.4 is 19.3 Å². The molecule has 0 aliphatic carbocycles. The van der Waals surface area contributed by atoms with Crippen molar-refractivity contribution in [2.75, 3.05) is 23.9 Å². The molecule has 6 nitrogen and oxygen atoms in total. The zero-order valence-electron chi connectivity index (χ0n) is 28.2. The zero-order chi connectivity index (χ0) is 33.1. The molecule has 238 valence electrons. The molecule has 6 heteroatoms. The van der Waals surface area contributed by atoms with Crippen molar-refractivity contribution in [1.82, 2.24) is 0 Å². The van der Waals surface area contributed by atoms with Crippen LogP contribution in [0.1, 0.15) is 49.9 Å². The van der Waals surface area contributed by atoms with Gasteiger partial charge in [0.15, 0.2) is 0 Å². The molecule has 4 heterocycles. The molecule has 2 atom stereocenters. The average molecular weight is 631 g/mol. The second kappa shape index (κ2) is 9.60. The molecule has 2 unspecified atom stereocenters. The fraction of sp³-hybridized carbons (Fsp3) is 0.238. The SMILES string of the molecule is CN1c2ccccc2C(C)(C)C12C=Nc1cc(C=Cc3ccc4c(c3)N(C)C3(C=Nc5c(ccc6ccccc56)O3)C4(C)C)ccc1O2. The lowest BCUT2D eigenvalue weighted by molar-refractivity contribution is 0.0824. The number of benzene rings is 5. The van der Waals surface area contributed by atoms with Crippen molar-refractivity contribution in [2.45, 2.75) is 50.0 Å². The first-order valence-electron chi connectivity index (χ1n) is 16.6.